The number of hydrogen-bond acceptors (Lipinski definition) is 9. The number of rotatable bonds is 9. The Morgan fingerprint density at radius 2 is 1.72 bits per heavy atom. The molecule has 3 heterocycles. The monoisotopic (exact) mass is 707 g/mol. The van der Waals surface area contributed by atoms with Gasteiger partial charge in [0.05, 0.1) is 36.4 Å². The van der Waals surface area contributed by atoms with Gasteiger partial charge in [-0.3, -0.25) is 4.79 Å². The quantitative estimate of drug-likeness (QED) is 0.206. The number of piperidine rings is 1. The maximum atomic E-state index is 13.0. The number of anilines is 1. The number of fused-ring (bicyclic) bond motifs is 1. The Bertz CT molecular complexity index is 1670. The number of nitrogens with zero attached hydrogens (tertiary/aromatic N) is 3. The molecule has 0 bridgehead atoms. The predicted octanol–water partition coefficient (Wildman–Crippen LogP) is 7.86. The van der Waals surface area contributed by atoms with Gasteiger partial charge in [0.1, 0.15) is 35.1 Å². The number of aromatic nitrogens is 1. The van der Waals surface area contributed by atoms with Crippen LogP contribution in [0.4, 0.5) is 10.6 Å². The van der Waals surface area contributed by atoms with E-state index in [1.54, 1.807) is 18.1 Å². The molecule has 0 N–H and O–H groups in total. The summed E-state index contributed by atoms with van der Waals surface area (Å²) in [6.07, 6.45) is 0.626. The third kappa shape index (κ3) is 9.20. The fraction of sp³-hybridized carbons (Fsp3) is 0.513. The summed E-state index contributed by atoms with van der Waals surface area (Å²) in [5.41, 5.74) is 3.36. The number of carbonyl (C=O) groups excluding carboxylic acids is 2. The number of ether oxygens (including phenoxy) is 5. The van der Waals surface area contributed by atoms with Gasteiger partial charge >= 0.3 is 12.1 Å². The maximum Gasteiger partial charge on any atom is 0.410 e. The lowest BCUT2D eigenvalue weighted by molar-refractivity contribution is -0.166. The van der Waals surface area contributed by atoms with Crippen molar-refractivity contribution in [2.24, 2.45) is 5.92 Å². The topological polar surface area (TPSA) is 99.7 Å². The molecule has 2 aromatic carbocycles. The standard InChI is InChI=1S/C39H50ClN3O7/c1-9-47-33-23-42(19-17-28(33)36(44)49-38(2,3)4)34-15-11-14-31(41-34)27-12-10-13-30(40)35(27)48-24-25-20-26-16-18-43(37(45)50-39(5,6)7)22-29(26)32(21-25)46-8/h10-15,20-21,28,33H,9,16-19,22-24H2,1-8H3/t28-,33+/m1/s1. The highest BCUT2D eigenvalue weighted by Crippen LogP contribution is 2.38. The Balaban J connectivity index is 1.33. The summed E-state index contributed by atoms with van der Waals surface area (Å²) in [4.78, 5) is 34.7. The minimum atomic E-state index is -0.565. The van der Waals surface area contributed by atoms with Gasteiger partial charge in [0.2, 0.25) is 0 Å². The van der Waals surface area contributed by atoms with Crippen LogP contribution >= 0.6 is 11.6 Å². The van der Waals surface area contributed by atoms with Gasteiger partial charge in [0, 0.05) is 37.4 Å². The lowest BCUT2D eigenvalue weighted by atomic mass is 9.93. The van der Waals surface area contributed by atoms with Crippen LogP contribution in [0.2, 0.25) is 5.02 Å². The number of hydrogen-bond donors (Lipinski definition) is 0. The molecule has 5 rings (SSSR count). The highest BCUT2D eigenvalue weighted by molar-refractivity contribution is 6.32. The van der Waals surface area contributed by atoms with E-state index in [1.165, 1.54) is 0 Å². The molecule has 1 fully saturated rings. The van der Waals surface area contributed by atoms with Crippen LogP contribution in [0.15, 0.2) is 48.5 Å². The first-order valence-corrected chi connectivity index (χ1v) is 17.7. The number of benzene rings is 2. The van der Waals surface area contributed by atoms with Crippen LogP contribution in [0, 0.1) is 5.92 Å². The SMILES string of the molecule is CCO[C@H]1CN(c2cccc(-c3cccc(Cl)c3OCc3cc4c(c(OC)c3)CN(C(=O)OC(C)(C)C)CC4)n2)CC[C@H]1C(=O)OC(C)(C)C. The van der Waals surface area contributed by atoms with Crippen LogP contribution in [0.5, 0.6) is 11.5 Å². The van der Waals surface area contributed by atoms with Gasteiger partial charge in [-0.25, -0.2) is 9.78 Å². The summed E-state index contributed by atoms with van der Waals surface area (Å²) >= 11 is 6.75. The lowest BCUT2D eigenvalue weighted by Crippen LogP contribution is -2.49. The molecule has 0 saturated carbocycles. The predicted molar refractivity (Wildman–Crippen MR) is 194 cm³/mol. The van der Waals surface area contributed by atoms with Crippen molar-refractivity contribution >= 4 is 29.5 Å². The average molecular weight is 708 g/mol. The zero-order valence-electron chi connectivity index (χ0n) is 30.5. The van der Waals surface area contributed by atoms with E-state index in [4.69, 9.17) is 40.3 Å². The second-order valence-electron chi connectivity index (χ2n) is 14.7. The molecule has 11 heteroatoms. The fourth-order valence-corrected chi connectivity index (χ4v) is 6.59. The molecule has 3 aromatic rings. The molecule has 2 atom stereocenters. The number of para-hydroxylation sites is 1. The summed E-state index contributed by atoms with van der Waals surface area (Å²) in [6, 6.07) is 15.6. The van der Waals surface area contributed by atoms with E-state index in [0.717, 1.165) is 28.1 Å². The first kappa shape index (κ1) is 37.2. The van der Waals surface area contributed by atoms with Gasteiger partial charge in [-0.15, -0.1) is 0 Å². The van der Waals surface area contributed by atoms with Gasteiger partial charge in [-0.1, -0.05) is 29.8 Å². The molecule has 0 spiro atoms. The number of amides is 1. The van der Waals surface area contributed by atoms with E-state index >= 15 is 0 Å². The number of methoxy groups -OCH3 is 1. The summed E-state index contributed by atoms with van der Waals surface area (Å²) in [6.45, 7) is 16.0. The number of esters is 1. The Hall–Kier alpha value is -4.02. The van der Waals surface area contributed by atoms with Crippen molar-refractivity contribution in [1.82, 2.24) is 9.88 Å². The number of halogens is 1. The van der Waals surface area contributed by atoms with Crippen molar-refractivity contribution in [3.8, 4) is 22.8 Å². The zero-order chi connectivity index (χ0) is 36.2. The second-order valence-corrected chi connectivity index (χ2v) is 15.1. The summed E-state index contributed by atoms with van der Waals surface area (Å²) < 4.78 is 29.6. The van der Waals surface area contributed by atoms with Gasteiger partial charge < -0.3 is 33.5 Å². The molecule has 1 saturated heterocycles. The van der Waals surface area contributed by atoms with E-state index in [2.05, 4.69) is 11.0 Å². The van der Waals surface area contributed by atoms with Crippen LogP contribution in [0.1, 0.15) is 71.6 Å². The van der Waals surface area contributed by atoms with Gasteiger partial charge in [-0.2, -0.15) is 0 Å². The van der Waals surface area contributed by atoms with Crippen molar-refractivity contribution in [2.75, 3.05) is 38.3 Å². The van der Waals surface area contributed by atoms with E-state index in [9.17, 15) is 9.59 Å². The van der Waals surface area contributed by atoms with E-state index < -0.39 is 11.2 Å². The van der Waals surface area contributed by atoms with Gasteiger partial charge in [-0.05, 0) is 103 Å². The van der Waals surface area contributed by atoms with E-state index in [-0.39, 0.29) is 30.7 Å². The molecule has 50 heavy (non-hydrogen) atoms. The van der Waals surface area contributed by atoms with Crippen LogP contribution in [0.3, 0.4) is 0 Å². The molecule has 1 aromatic heterocycles. The molecule has 0 radical (unpaired) electrons. The first-order valence-electron chi connectivity index (χ1n) is 17.3. The molecular weight excluding hydrogens is 658 g/mol. The second kappa shape index (κ2) is 15.5. The van der Waals surface area contributed by atoms with Gasteiger partial charge in [0.25, 0.3) is 0 Å². The largest absolute Gasteiger partial charge is 0.496 e. The molecule has 0 aliphatic carbocycles. The summed E-state index contributed by atoms with van der Waals surface area (Å²) in [7, 11) is 1.63. The van der Waals surface area contributed by atoms with Crippen molar-refractivity contribution in [3.63, 3.8) is 0 Å². The third-order valence-corrected chi connectivity index (χ3v) is 8.86. The molecule has 2 aliphatic heterocycles. The van der Waals surface area contributed by atoms with E-state index in [1.807, 2.05) is 84.9 Å². The van der Waals surface area contributed by atoms with Crippen molar-refractivity contribution in [3.05, 3.63) is 70.2 Å². The Morgan fingerprint density at radius 3 is 2.42 bits per heavy atom. The van der Waals surface area contributed by atoms with Crippen LogP contribution < -0.4 is 14.4 Å². The number of pyridine rings is 1. The minimum Gasteiger partial charge on any atom is -0.496 e. The molecule has 10 nitrogen and oxygen atoms in total. The van der Waals surface area contributed by atoms with Crippen LogP contribution in [-0.4, -0.2) is 72.6 Å². The smallest absolute Gasteiger partial charge is 0.410 e. The highest BCUT2D eigenvalue weighted by atomic mass is 35.5. The fourth-order valence-electron chi connectivity index (χ4n) is 6.36. The summed E-state index contributed by atoms with van der Waals surface area (Å²) in [5, 5.41) is 0.474. The maximum absolute atomic E-state index is 13.0. The van der Waals surface area contributed by atoms with E-state index in [0.29, 0.717) is 67.8 Å². The van der Waals surface area contributed by atoms with Gasteiger partial charge in [0.15, 0.2) is 0 Å². The van der Waals surface area contributed by atoms with Crippen LogP contribution in [0.25, 0.3) is 11.3 Å². The molecule has 2 aliphatic rings. The Kier molecular flexibility index (Phi) is 11.5. The molecule has 270 valence electrons. The Labute approximate surface area is 300 Å². The Morgan fingerprint density at radius 1 is 0.980 bits per heavy atom. The normalized spacial score (nSPS) is 17.9. The highest BCUT2D eigenvalue weighted by Gasteiger charge is 2.38. The third-order valence-electron chi connectivity index (χ3n) is 8.57. The lowest BCUT2D eigenvalue weighted by Gasteiger charge is -2.38. The molecule has 1 amide bonds. The number of carbonyl (C=O) groups is 2. The van der Waals surface area contributed by atoms with Crippen LogP contribution in [-0.2, 0) is 38.6 Å². The first-order chi connectivity index (χ1) is 23.7. The average Bonchev–Trinajstić information content (AvgIpc) is 3.05. The molecule has 0 unspecified atom stereocenters. The summed E-state index contributed by atoms with van der Waals surface area (Å²) in [5.74, 6) is 1.44. The van der Waals surface area contributed by atoms with Crippen molar-refractivity contribution in [1.29, 1.82) is 0 Å². The zero-order valence-corrected chi connectivity index (χ0v) is 31.3. The molecular formula is C39H50ClN3O7. The minimum absolute atomic E-state index is 0.225. The van der Waals surface area contributed by atoms with Crippen molar-refractivity contribution in [2.45, 2.75) is 91.8 Å². The van der Waals surface area contributed by atoms with Crippen molar-refractivity contribution < 1.29 is 33.3 Å².